The van der Waals surface area contributed by atoms with Crippen LogP contribution in [0.3, 0.4) is 0 Å². The Morgan fingerprint density at radius 3 is 3.07 bits per heavy atom. The van der Waals surface area contributed by atoms with Gasteiger partial charge in [-0.05, 0) is 18.3 Å². The number of nitrogens with zero attached hydrogens (tertiary/aromatic N) is 3. The summed E-state index contributed by atoms with van der Waals surface area (Å²) in [6.07, 6.45) is 1.71. The Morgan fingerprint density at radius 1 is 1.29 bits per heavy atom. The van der Waals surface area contributed by atoms with E-state index in [1.807, 2.05) is 24.3 Å². The van der Waals surface area contributed by atoms with Gasteiger partial charge < -0.3 is 4.98 Å². The number of fused-ring (bicyclic) bond motifs is 3. The Bertz CT molecular complexity index is 667. The number of aromatic nitrogens is 4. The highest BCUT2D eigenvalue weighted by Crippen LogP contribution is 2.16. The number of hydrogen-bond donors (Lipinski definition) is 1. The molecule has 3 rings (SSSR count). The maximum absolute atomic E-state index is 5.14. The molecule has 14 heavy (non-hydrogen) atoms. The molecule has 3 aromatic rings. The van der Waals surface area contributed by atoms with Crippen LogP contribution in [0.2, 0.25) is 0 Å². The summed E-state index contributed by atoms with van der Waals surface area (Å²) < 4.78 is 2.19. The van der Waals surface area contributed by atoms with E-state index in [-0.39, 0.29) is 0 Å². The van der Waals surface area contributed by atoms with Crippen molar-refractivity contribution in [3.8, 4) is 0 Å². The van der Waals surface area contributed by atoms with Crippen LogP contribution in [0.15, 0.2) is 30.5 Å². The summed E-state index contributed by atoms with van der Waals surface area (Å²) in [5, 5.41) is 8.81. The molecule has 0 radical (unpaired) electrons. The van der Waals surface area contributed by atoms with Crippen LogP contribution in [0.1, 0.15) is 0 Å². The maximum atomic E-state index is 5.14. The zero-order valence-corrected chi connectivity index (χ0v) is 7.95. The highest BCUT2D eigenvalue weighted by molar-refractivity contribution is 7.71. The summed E-state index contributed by atoms with van der Waals surface area (Å²) in [6, 6.07) is 7.94. The molecular formula is C9H6N4S. The molecule has 1 N–H and O–H groups in total. The van der Waals surface area contributed by atoms with Crippen LogP contribution in [0.4, 0.5) is 0 Å². The van der Waals surface area contributed by atoms with Gasteiger partial charge in [-0.25, -0.2) is 0 Å². The zero-order valence-electron chi connectivity index (χ0n) is 7.14. The Kier molecular flexibility index (Phi) is 1.43. The van der Waals surface area contributed by atoms with Gasteiger partial charge >= 0.3 is 0 Å². The first-order chi connectivity index (χ1) is 6.86. The number of rotatable bonds is 0. The molecule has 0 aliphatic rings. The van der Waals surface area contributed by atoms with Gasteiger partial charge in [-0.15, -0.1) is 5.10 Å². The lowest BCUT2D eigenvalue weighted by molar-refractivity contribution is 0.828. The van der Waals surface area contributed by atoms with Crippen molar-refractivity contribution in [2.45, 2.75) is 0 Å². The minimum Gasteiger partial charge on any atom is -0.330 e. The van der Waals surface area contributed by atoms with Gasteiger partial charge in [-0.2, -0.15) is 4.52 Å². The second kappa shape index (κ2) is 2.62. The van der Waals surface area contributed by atoms with Crippen LogP contribution in [0.25, 0.3) is 16.4 Å². The summed E-state index contributed by atoms with van der Waals surface area (Å²) in [7, 11) is 0. The second-order valence-electron chi connectivity index (χ2n) is 3.01. The van der Waals surface area contributed by atoms with Crippen molar-refractivity contribution in [1.82, 2.24) is 19.8 Å². The average molecular weight is 202 g/mol. The SMILES string of the molecule is S=c1[nH]c2ccccc2c2cnnn12. The minimum atomic E-state index is 0.566. The van der Waals surface area contributed by atoms with Crippen molar-refractivity contribution in [1.29, 1.82) is 0 Å². The largest absolute Gasteiger partial charge is 0.330 e. The fourth-order valence-electron chi connectivity index (χ4n) is 1.55. The van der Waals surface area contributed by atoms with Gasteiger partial charge in [0.15, 0.2) is 0 Å². The molecule has 0 unspecified atom stereocenters. The van der Waals surface area contributed by atoms with Gasteiger partial charge in [0.05, 0.1) is 11.7 Å². The molecule has 2 aromatic heterocycles. The van der Waals surface area contributed by atoms with Gasteiger partial charge in [-0.3, -0.25) is 0 Å². The number of para-hydroxylation sites is 1. The van der Waals surface area contributed by atoms with Gasteiger partial charge in [0.25, 0.3) is 0 Å². The summed E-state index contributed by atoms with van der Waals surface area (Å²) in [4.78, 5) is 3.09. The predicted molar refractivity (Wildman–Crippen MR) is 55.7 cm³/mol. The third-order valence-corrected chi connectivity index (χ3v) is 2.46. The normalized spacial score (nSPS) is 11.1. The van der Waals surface area contributed by atoms with Gasteiger partial charge in [-0.1, -0.05) is 23.4 Å². The van der Waals surface area contributed by atoms with E-state index in [0.717, 1.165) is 16.4 Å². The van der Waals surface area contributed by atoms with E-state index in [4.69, 9.17) is 12.2 Å². The number of hydrogen-bond acceptors (Lipinski definition) is 3. The smallest absolute Gasteiger partial charge is 0.200 e. The Morgan fingerprint density at radius 2 is 2.14 bits per heavy atom. The molecule has 2 heterocycles. The second-order valence-corrected chi connectivity index (χ2v) is 3.39. The summed E-state index contributed by atoms with van der Waals surface area (Å²) in [6.45, 7) is 0. The van der Waals surface area contributed by atoms with Crippen LogP contribution >= 0.6 is 12.2 Å². The molecule has 5 heteroatoms. The predicted octanol–water partition coefficient (Wildman–Crippen LogP) is 1.94. The van der Waals surface area contributed by atoms with Crippen molar-refractivity contribution in [3.05, 3.63) is 35.2 Å². The van der Waals surface area contributed by atoms with Gasteiger partial charge in [0.1, 0.15) is 0 Å². The van der Waals surface area contributed by atoms with Crippen LogP contribution in [0.5, 0.6) is 0 Å². The minimum absolute atomic E-state index is 0.566. The van der Waals surface area contributed by atoms with E-state index >= 15 is 0 Å². The summed E-state index contributed by atoms with van der Waals surface area (Å²) in [5.74, 6) is 0. The van der Waals surface area contributed by atoms with E-state index in [1.54, 1.807) is 10.7 Å². The molecular weight excluding hydrogens is 196 g/mol. The van der Waals surface area contributed by atoms with E-state index in [1.165, 1.54) is 0 Å². The molecule has 4 nitrogen and oxygen atoms in total. The van der Waals surface area contributed by atoms with Crippen LogP contribution in [-0.2, 0) is 0 Å². The Hall–Kier alpha value is -1.75. The lowest BCUT2D eigenvalue weighted by Crippen LogP contribution is -1.93. The summed E-state index contributed by atoms with van der Waals surface area (Å²) >= 11 is 5.14. The molecule has 68 valence electrons. The van der Waals surface area contributed by atoms with Crippen LogP contribution < -0.4 is 0 Å². The third kappa shape index (κ3) is 0.898. The molecule has 0 fully saturated rings. The van der Waals surface area contributed by atoms with Crippen molar-refractivity contribution in [2.75, 3.05) is 0 Å². The zero-order chi connectivity index (χ0) is 9.54. The highest BCUT2D eigenvalue weighted by atomic mass is 32.1. The maximum Gasteiger partial charge on any atom is 0.200 e. The number of benzene rings is 1. The quantitative estimate of drug-likeness (QED) is 0.567. The first-order valence-corrected chi connectivity index (χ1v) is 4.58. The Balaban J connectivity index is 2.73. The lowest BCUT2D eigenvalue weighted by Gasteiger charge is -1.99. The molecule has 0 atom stereocenters. The monoisotopic (exact) mass is 202 g/mol. The molecule has 0 saturated carbocycles. The molecule has 0 amide bonds. The molecule has 0 saturated heterocycles. The van der Waals surface area contributed by atoms with E-state index in [9.17, 15) is 0 Å². The lowest BCUT2D eigenvalue weighted by atomic mass is 10.2. The molecule has 0 bridgehead atoms. The number of aromatic amines is 1. The fraction of sp³-hybridized carbons (Fsp3) is 0. The standard InChI is InChI=1S/C9H6N4S/c14-9-11-7-4-2-1-3-6(7)8-5-10-12-13(8)9/h1-5H,(H,11,14). The molecule has 0 aliphatic carbocycles. The fourth-order valence-corrected chi connectivity index (χ4v) is 1.80. The topological polar surface area (TPSA) is 46.0 Å². The first kappa shape index (κ1) is 7.64. The summed E-state index contributed by atoms with van der Waals surface area (Å²) in [5.41, 5.74) is 1.94. The van der Waals surface area contributed by atoms with Crippen molar-refractivity contribution < 1.29 is 0 Å². The molecule has 0 spiro atoms. The van der Waals surface area contributed by atoms with Gasteiger partial charge in [0, 0.05) is 10.9 Å². The third-order valence-electron chi connectivity index (χ3n) is 2.19. The van der Waals surface area contributed by atoms with Crippen molar-refractivity contribution in [3.63, 3.8) is 0 Å². The Labute approximate surface area is 84.2 Å². The van der Waals surface area contributed by atoms with E-state index in [0.29, 0.717) is 4.77 Å². The highest BCUT2D eigenvalue weighted by Gasteiger charge is 2.02. The molecule has 1 aromatic carbocycles. The van der Waals surface area contributed by atoms with Crippen LogP contribution in [-0.4, -0.2) is 19.8 Å². The van der Waals surface area contributed by atoms with Gasteiger partial charge in [0.2, 0.25) is 4.77 Å². The average Bonchev–Trinajstić information content (AvgIpc) is 2.67. The van der Waals surface area contributed by atoms with Crippen molar-refractivity contribution >= 4 is 28.6 Å². The van der Waals surface area contributed by atoms with Crippen LogP contribution in [0, 0.1) is 4.77 Å². The van der Waals surface area contributed by atoms with E-state index < -0.39 is 0 Å². The van der Waals surface area contributed by atoms with E-state index in [2.05, 4.69) is 15.3 Å². The van der Waals surface area contributed by atoms with Crippen molar-refractivity contribution in [2.24, 2.45) is 0 Å². The number of nitrogens with one attached hydrogen (secondary N) is 1. The first-order valence-electron chi connectivity index (χ1n) is 4.18. The number of H-pyrrole nitrogens is 1. The molecule has 0 aliphatic heterocycles.